The van der Waals surface area contributed by atoms with Gasteiger partial charge in [-0.05, 0) is 26.2 Å². The molecule has 3 nitrogen and oxygen atoms in total. The number of likely N-dealkylation sites (tertiary alicyclic amines) is 1. The fourth-order valence-electron chi connectivity index (χ4n) is 2.22. The van der Waals surface area contributed by atoms with E-state index in [1.807, 2.05) is 4.90 Å². The fourth-order valence-corrected chi connectivity index (χ4v) is 2.22. The summed E-state index contributed by atoms with van der Waals surface area (Å²) in [5.74, 6) is -0.0402. The van der Waals surface area contributed by atoms with Crippen molar-refractivity contribution in [2.24, 2.45) is 5.92 Å². The van der Waals surface area contributed by atoms with Crippen molar-refractivity contribution in [3.05, 3.63) is 0 Å². The van der Waals surface area contributed by atoms with Gasteiger partial charge in [0.15, 0.2) is 0 Å². The van der Waals surface area contributed by atoms with Gasteiger partial charge in [-0.15, -0.1) is 0 Å². The van der Waals surface area contributed by atoms with Gasteiger partial charge in [0.25, 0.3) is 0 Å². The molecule has 1 saturated heterocycles. The van der Waals surface area contributed by atoms with Crippen LogP contribution < -0.4 is 10.0 Å². The molecule has 96 valence electrons. The zero-order chi connectivity index (χ0) is 12.4. The third kappa shape index (κ3) is 8.72. The molecule has 0 bridgehead atoms. The van der Waals surface area contributed by atoms with Crippen LogP contribution in [0.2, 0.25) is 0 Å². The van der Waals surface area contributed by atoms with E-state index in [0.29, 0.717) is 0 Å². The van der Waals surface area contributed by atoms with Crippen molar-refractivity contribution in [2.45, 2.75) is 52.9 Å². The van der Waals surface area contributed by atoms with E-state index in [2.05, 4.69) is 13.8 Å². The van der Waals surface area contributed by atoms with Gasteiger partial charge in [-0.25, -0.2) is 0 Å². The maximum absolute atomic E-state index is 8.89. The Morgan fingerprint density at radius 1 is 1.38 bits per heavy atom. The van der Waals surface area contributed by atoms with Crippen LogP contribution in [0, 0.1) is 5.92 Å². The Morgan fingerprint density at radius 2 is 2.00 bits per heavy atom. The van der Waals surface area contributed by atoms with Gasteiger partial charge < -0.3 is 14.8 Å². The Hall–Kier alpha value is -0.570. The predicted octanol–water partition coefficient (Wildman–Crippen LogP) is 0.248. The van der Waals surface area contributed by atoms with Gasteiger partial charge in [0.05, 0.1) is 19.6 Å². The van der Waals surface area contributed by atoms with Gasteiger partial charge in [-0.1, -0.05) is 20.3 Å². The maximum atomic E-state index is 8.89. The summed E-state index contributed by atoms with van der Waals surface area (Å²) in [6.45, 7) is 9.93. The smallest absolute Gasteiger partial charge is 0.0801 e. The number of nitrogens with one attached hydrogen (secondary N) is 1. The van der Waals surface area contributed by atoms with E-state index in [0.717, 1.165) is 12.8 Å². The Bertz CT molecular complexity index is 179. The van der Waals surface area contributed by atoms with Crippen LogP contribution in [-0.4, -0.2) is 25.6 Å². The molecule has 0 aromatic rings. The highest BCUT2D eigenvalue weighted by Crippen LogP contribution is 2.07. The number of carboxylic acids is 1. The fraction of sp³-hybridized carbons (Fsp3) is 0.923. The molecule has 1 aliphatic rings. The summed E-state index contributed by atoms with van der Waals surface area (Å²) >= 11 is 0. The maximum Gasteiger partial charge on any atom is 0.0801 e. The lowest BCUT2D eigenvalue weighted by Crippen LogP contribution is -3.10. The van der Waals surface area contributed by atoms with Crippen LogP contribution in [0.5, 0.6) is 0 Å². The number of carbonyl (C=O) groups excluding carboxylic acids is 1. The summed E-state index contributed by atoms with van der Waals surface area (Å²) in [5.41, 5.74) is 0. The minimum atomic E-state index is -1.08. The van der Waals surface area contributed by atoms with Crippen LogP contribution in [0.15, 0.2) is 0 Å². The number of unbranched alkanes of at least 4 members (excludes halogenated alkanes) is 2. The zero-order valence-electron chi connectivity index (χ0n) is 11.1. The molecule has 1 rings (SSSR count). The quantitative estimate of drug-likeness (QED) is 0.687. The van der Waals surface area contributed by atoms with Crippen LogP contribution in [0.4, 0.5) is 0 Å². The van der Waals surface area contributed by atoms with Crippen LogP contribution in [0.3, 0.4) is 0 Å². The second kappa shape index (κ2) is 9.64. The predicted molar refractivity (Wildman–Crippen MR) is 64.2 cm³/mol. The summed E-state index contributed by atoms with van der Waals surface area (Å²) in [6.07, 6.45) is 7.13. The average Bonchev–Trinajstić information content (AvgIpc) is 2.65. The van der Waals surface area contributed by atoms with Crippen LogP contribution in [-0.2, 0) is 4.79 Å². The first kappa shape index (κ1) is 15.4. The lowest BCUT2D eigenvalue weighted by atomic mass is 10.1. The molecule has 1 heterocycles. The second-order valence-corrected chi connectivity index (χ2v) is 4.72. The number of hydrogen-bond donors (Lipinski definition) is 1. The molecule has 0 aromatic heterocycles. The van der Waals surface area contributed by atoms with Crippen molar-refractivity contribution in [3.63, 3.8) is 0 Å². The molecule has 1 N–H and O–H groups in total. The first-order valence-corrected chi connectivity index (χ1v) is 6.61. The molecule has 0 radical (unpaired) electrons. The van der Waals surface area contributed by atoms with E-state index in [9.17, 15) is 0 Å². The normalized spacial score (nSPS) is 23.7. The lowest BCUT2D eigenvalue weighted by Gasteiger charge is -2.12. The van der Waals surface area contributed by atoms with Crippen molar-refractivity contribution in [2.75, 3.05) is 19.6 Å². The second-order valence-electron chi connectivity index (χ2n) is 4.72. The lowest BCUT2D eigenvalue weighted by molar-refractivity contribution is -0.889. The highest BCUT2D eigenvalue weighted by molar-refractivity contribution is 5.60. The van der Waals surface area contributed by atoms with Crippen molar-refractivity contribution in [1.82, 2.24) is 0 Å². The van der Waals surface area contributed by atoms with Gasteiger partial charge >= 0.3 is 0 Å². The first-order chi connectivity index (χ1) is 7.60. The standard InChI is InChI=1S/C11H23N.C2H4O2/c1-3-5-6-8-12-9-7-11(4-2)10-12;1-2(3)4/h11H,3-10H2,1-2H3;1H3,(H,3,4). The molecule has 0 aromatic carbocycles. The summed E-state index contributed by atoms with van der Waals surface area (Å²) < 4.78 is 0. The third-order valence-electron chi connectivity index (χ3n) is 3.19. The van der Waals surface area contributed by atoms with E-state index in [1.165, 1.54) is 51.7 Å². The van der Waals surface area contributed by atoms with Crippen molar-refractivity contribution in [1.29, 1.82) is 0 Å². The summed E-state index contributed by atoms with van der Waals surface area (Å²) in [7, 11) is 0. The minimum Gasteiger partial charge on any atom is -0.550 e. The third-order valence-corrected chi connectivity index (χ3v) is 3.19. The van der Waals surface area contributed by atoms with E-state index in [-0.39, 0.29) is 0 Å². The summed E-state index contributed by atoms with van der Waals surface area (Å²) in [5, 5.41) is 8.89. The minimum absolute atomic E-state index is 0.972. The SMILES string of the molecule is CC(=O)[O-].CCCCC[NH+]1CCC(CC)C1. The number of carboxylic acid groups (broad SMARTS) is 1. The molecule has 2 unspecified atom stereocenters. The molecule has 0 amide bonds. The molecule has 16 heavy (non-hydrogen) atoms. The molecule has 0 aliphatic carbocycles. The van der Waals surface area contributed by atoms with Crippen molar-refractivity contribution in [3.8, 4) is 0 Å². The largest absolute Gasteiger partial charge is 0.550 e. The molecular weight excluding hydrogens is 202 g/mol. The molecule has 0 spiro atoms. The molecular formula is C13H27NO2. The number of rotatable bonds is 5. The highest BCUT2D eigenvalue weighted by atomic mass is 16.4. The highest BCUT2D eigenvalue weighted by Gasteiger charge is 2.23. The van der Waals surface area contributed by atoms with Gasteiger partial charge in [0, 0.05) is 18.3 Å². The van der Waals surface area contributed by atoms with Gasteiger partial charge in [0.1, 0.15) is 0 Å². The van der Waals surface area contributed by atoms with E-state index < -0.39 is 5.97 Å². The van der Waals surface area contributed by atoms with E-state index in [1.54, 1.807) is 0 Å². The van der Waals surface area contributed by atoms with Gasteiger partial charge in [-0.3, -0.25) is 0 Å². The number of carbonyl (C=O) groups is 1. The van der Waals surface area contributed by atoms with E-state index >= 15 is 0 Å². The Labute approximate surface area is 99.8 Å². The monoisotopic (exact) mass is 229 g/mol. The van der Waals surface area contributed by atoms with Crippen LogP contribution in [0.1, 0.15) is 52.9 Å². The topological polar surface area (TPSA) is 44.6 Å². The van der Waals surface area contributed by atoms with Crippen LogP contribution >= 0.6 is 0 Å². The average molecular weight is 229 g/mol. The summed E-state index contributed by atoms with van der Waals surface area (Å²) in [4.78, 5) is 10.8. The molecule has 0 saturated carbocycles. The first-order valence-electron chi connectivity index (χ1n) is 6.61. The molecule has 1 aliphatic heterocycles. The Balaban J connectivity index is 0.000000487. The van der Waals surface area contributed by atoms with Crippen LogP contribution in [0.25, 0.3) is 0 Å². The number of quaternary nitrogens is 1. The Morgan fingerprint density at radius 3 is 2.44 bits per heavy atom. The zero-order valence-corrected chi connectivity index (χ0v) is 11.1. The number of aliphatic carboxylic acids is 1. The Kier molecular flexibility index (Phi) is 9.30. The van der Waals surface area contributed by atoms with Gasteiger partial charge in [-0.2, -0.15) is 0 Å². The molecule has 2 atom stereocenters. The molecule has 3 heteroatoms. The summed E-state index contributed by atoms with van der Waals surface area (Å²) in [6, 6.07) is 0. The number of hydrogen-bond acceptors (Lipinski definition) is 2. The molecule has 1 fully saturated rings. The van der Waals surface area contributed by atoms with E-state index in [4.69, 9.17) is 9.90 Å². The van der Waals surface area contributed by atoms with Gasteiger partial charge in [0.2, 0.25) is 0 Å². The van der Waals surface area contributed by atoms with Crippen molar-refractivity contribution < 1.29 is 14.8 Å². The van der Waals surface area contributed by atoms with Crippen molar-refractivity contribution >= 4 is 5.97 Å².